The molecule has 2 aromatic rings. The highest BCUT2D eigenvalue weighted by Gasteiger charge is 2.34. The number of hydrogen-bond acceptors (Lipinski definition) is 5. The number of nitrogens with zero attached hydrogens (tertiary/aromatic N) is 5. The van der Waals surface area contributed by atoms with Gasteiger partial charge in [-0.15, -0.1) is 0 Å². The zero-order valence-corrected chi connectivity index (χ0v) is 21.2. The number of amides is 2. The molecule has 8 nitrogen and oxygen atoms in total. The number of hydrogen-bond donors (Lipinski definition) is 0. The second-order valence-electron chi connectivity index (χ2n) is 10.1. The lowest BCUT2D eigenvalue weighted by Gasteiger charge is -2.35. The van der Waals surface area contributed by atoms with E-state index in [0.717, 1.165) is 37.3 Å². The van der Waals surface area contributed by atoms with E-state index >= 15 is 0 Å². The largest absolute Gasteiger partial charge is 0.444 e. The maximum Gasteiger partial charge on any atom is 0.410 e. The molecule has 184 valence electrons. The Balaban J connectivity index is 1.61. The lowest BCUT2D eigenvalue weighted by Crippen LogP contribution is -2.47. The number of halogens is 1. The zero-order chi connectivity index (χ0) is 24.5. The summed E-state index contributed by atoms with van der Waals surface area (Å²) >= 11 is 6.52. The number of carbonyl (C=O) groups is 2. The van der Waals surface area contributed by atoms with Crippen molar-refractivity contribution in [3.05, 3.63) is 46.7 Å². The lowest BCUT2D eigenvalue weighted by atomic mass is 9.90. The number of carbonyl (C=O) groups excluding carboxylic acids is 2. The molecule has 3 heterocycles. The Morgan fingerprint density at radius 1 is 1.00 bits per heavy atom. The lowest BCUT2D eigenvalue weighted by molar-refractivity contribution is 0.0202. The minimum absolute atomic E-state index is 0.0102. The number of para-hydroxylation sites is 1. The van der Waals surface area contributed by atoms with E-state index in [-0.39, 0.29) is 17.9 Å². The van der Waals surface area contributed by atoms with Crippen LogP contribution in [0.5, 0.6) is 0 Å². The fourth-order valence-corrected chi connectivity index (χ4v) is 4.79. The average molecular weight is 488 g/mol. The van der Waals surface area contributed by atoms with Gasteiger partial charge in [-0.3, -0.25) is 4.79 Å². The van der Waals surface area contributed by atoms with Crippen molar-refractivity contribution in [2.75, 3.05) is 46.3 Å². The fraction of sp³-hybridized carbons (Fsp3) is 0.560. The Labute approximate surface area is 206 Å². The highest BCUT2D eigenvalue weighted by molar-refractivity contribution is 6.32. The summed E-state index contributed by atoms with van der Waals surface area (Å²) in [7, 11) is 2.07. The van der Waals surface area contributed by atoms with Crippen molar-refractivity contribution in [3.63, 3.8) is 0 Å². The van der Waals surface area contributed by atoms with Gasteiger partial charge in [0.1, 0.15) is 5.60 Å². The minimum Gasteiger partial charge on any atom is -0.444 e. The maximum atomic E-state index is 13.6. The molecule has 0 bridgehead atoms. The van der Waals surface area contributed by atoms with Crippen LogP contribution >= 0.6 is 11.6 Å². The second kappa shape index (κ2) is 9.96. The quantitative estimate of drug-likeness (QED) is 0.653. The van der Waals surface area contributed by atoms with Crippen LogP contribution in [0.15, 0.2) is 30.5 Å². The molecule has 2 aliphatic heterocycles. The second-order valence-corrected chi connectivity index (χ2v) is 10.6. The van der Waals surface area contributed by atoms with E-state index in [1.807, 2.05) is 54.6 Å². The predicted molar refractivity (Wildman–Crippen MR) is 132 cm³/mol. The summed E-state index contributed by atoms with van der Waals surface area (Å²) in [6, 6.07) is 7.54. The van der Waals surface area contributed by atoms with Crippen LogP contribution in [0.1, 0.15) is 55.6 Å². The van der Waals surface area contributed by atoms with Crippen LogP contribution in [-0.4, -0.2) is 88.4 Å². The first kappa shape index (κ1) is 24.5. The molecule has 2 aliphatic rings. The number of piperidine rings is 1. The monoisotopic (exact) mass is 487 g/mol. The van der Waals surface area contributed by atoms with Crippen molar-refractivity contribution < 1.29 is 14.3 Å². The number of benzene rings is 1. The van der Waals surface area contributed by atoms with Crippen molar-refractivity contribution in [1.82, 2.24) is 24.5 Å². The van der Waals surface area contributed by atoms with Crippen LogP contribution < -0.4 is 0 Å². The van der Waals surface area contributed by atoms with Crippen molar-refractivity contribution in [3.8, 4) is 5.69 Å². The molecule has 1 aromatic carbocycles. The molecule has 0 N–H and O–H groups in total. The van der Waals surface area contributed by atoms with Crippen LogP contribution in [-0.2, 0) is 4.74 Å². The molecule has 4 rings (SSSR count). The van der Waals surface area contributed by atoms with Gasteiger partial charge in [-0.1, -0.05) is 23.7 Å². The van der Waals surface area contributed by atoms with E-state index in [4.69, 9.17) is 16.3 Å². The standard InChI is InChI=1S/C25H34ClN5O3/c1-25(2,3)34-24(33)30-11-9-18(10-12-30)22-19(23(32)29-15-13-28(4)14-16-29)17-27-31(22)21-8-6-5-7-20(21)26/h5-8,17-18H,9-16H2,1-4H3. The summed E-state index contributed by atoms with van der Waals surface area (Å²) in [5, 5.41) is 5.21. The summed E-state index contributed by atoms with van der Waals surface area (Å²) in [6.07, 6.45) is 2.83. The van der Waals surface area contributed by atoms with E-state index in [1.54, 1.807) is 11.1 Å². The third-order valence-electron chi connectivity index (χ3n) is 6.44. The summed E-state index contributed by atoms with van der Waals surface area (Å²) in [6.45, 7) is 9.85. The van der Waals surface area contributed by atoms with Crippen molar-refractivity contribution in [2.24, 2.45) is 0 Å². The molecule has 0 radical (unpaired) electrons. The van der Waals surface area contributed by atoms with Gasteiger partial charge >= 0.3 is 6.09 Å². The highest BCUT2D eigenvalue weighted by Crippen LogP contribution is 2.34. The summed E-state index contributed by atoms with van der Waals surface area (Å²) in [5.74, 6) is 0.0832. The van der Waals surface area contributed by atoms with Gasteiger partial charge in [0, 0.05) is 45.2 Å². The van der Waals surface area contributed by atoms with Gasteiger partial charge in [0.2, 0.25) is 0 Å². The summed E-state index contributed by atoms with van der Waals surface area (Å²) in [5.41, 5.74) is 1.73. The number of aromatic nitrogens is 2. The third-order valence-corrected chi connectivity index (χ3v) is 6.76. The molecule has 0 saturated carbocycles. The highest BCUT2D eigenvalue weighted by atomic mass is 35.5. The Bertz CT molecular complexity index is 1030. The third kappa shape index (κ3) is 5.39. The van der Waals surface area contributed by atoms with Gasteiger partial charge in [-0.05, 0) is 52.8 Å². The first-order valence-electron chi connectivity index (χ1n) is 11.9. The van der Waals surface area contributed by atoms with Crippen molar-refractivity contribution >= 4 is 23.6 Å². The van der Waals surface area contributed by atoms with E-state index in [1.165, 1.54) is 0 Å². The van der Waals surface area contributed by atoms with E-state index in [2.05, 4.69) is 17.0 Å². The van der Waals surface area contributed by atoms with Gasteiger partial charge in [0.25, 0.3) is 5.91 Å². The van der Waals surface area contributed by atoms with Crippen molar-refractivity contribution in [2.45, 2.75) is 45.1 Å². The van der Waals surface area contributed by atoms with Gasteiger partial charge < -0.3 is 19.4 Å². The van der Waals surface area contributed by atoms with Crippen LogP contribution in [0.2, 0.25) is 5.02 Å². The maximum absolute atomic E-state index is 13.6. The zero-order valence-electron chi connectivity index (χ0n) is 20.5. The van der Waals surface area contributed by atoms with E-state index < -0.39 is 5.60 Å². The molecule has 34 heavy (non-hydrogen) atoms. The van der Waals surface area contributed by atoms with Crippen LogP contribution in [0.25, 0.3) is 5.69 Å². The Morgan fingerprint density at radius 3 is 2.26 bits per heavy atom. The Kier molecular flexibility index (Phi) is 7.19. The Hall–Kier alpha value is -2.58. The van der Waals surface area contributed by atoms with Crippen LogP contribution in [0, 0.1) is 0 Å². The molecule has 0 unspecified atom stereocenters. The number of ether oxygens (including phenoxy) is 1. The number of rotatable bonds is 3. The molecular weight excluding hydrogens is 454 g/mol. The molecule has 2 amide bonds. The summed E-state index contributed by atoms with van der Waals surface area (Å²) in [4.78, 5) is 32.0. The number of piperazine rings is 1. The predicted octanol–water partition coefficient (Wildman–Crippen LogP) is 4.03. The van der Waals surface area contributed by atoms with E-state index in [9.17, 15) is 9.59 Å². The molecule has 0 spiro atoms. The molecule has 2 saturated heterocycles. The molecule has 2 fully saturated rings. The first-order chi connectivity index (χ1) is 16.1. The molecule has 1 aromatic heterocycles. The van der Waals surface area contributed by atoms with Gasteiger partial charge in [0.05, 0.1) is 28.2 Å². The van der Waals surface area contributed by atoms with Gasteiger partial charge in [-0.2, -0.15) is 5.10 Å². The average Bonchev–Trinajstić information content (AvgIpc) is 3.23. The number of likely N-dealkylation sites (tertiary alicyclic amines) is 1. The van der Waals surface area contributed by atoms with Crippen LogP contribution in [0.4, 0.5) is 4.79 Å². The molecule has 0 atom stereocenters. The minimum atomic E-state index is -0.529. The van der Waals surface area contributed by atoms with Gasteiger partial charge in [0.15, 0.2) is 0 Å². The fourth-order valence-electron chi connectivity index (χ4n) is 4.57. The van der Waals surface area contributed by atoms with E-state index in [0.29, 0.717) is 36.8 Å². The normalized spacial score (nSPS) is 18.3. The molecule has 9 heteroatoms. The van der Waals surface area contributed by atoms with Gasteiger partial charge in [-0.25, -0.2) is 9.48 Å². The SMILES string of the molecule is CN1CCN(C(=O)c2cnn(-c3ccccc3Cl)c2C2CCN(C(=O)OC(C)(C)C)CC2)CC1. The van der Waals surface area contributed by atoms with Crippen LogP contribution in [0.3, 0.4) is 0 Å². The smallest absolute Gasteiger partial charge is 0.410 e. The number of likely N-dealkylation sites (N-methyl/N-ethyl adjacent to an activating group) is 1. The Morgan fingerprint density at radius 2 is 1.65 bits per heavy atom. The molecular formula is C25H34ClN5O3. The summed E-state index contributed by atoms with van der Waals surface area (Å²) < 4.78 is 7.37. The topological polar surface area (TPSA) is 70.9 Å². The van der Waals surface area contributed by atoms with Crippen molar-refractivity contribution in [1.29, 1.82) is 0 Å². The first-order valence-corrected chi connectivity index (χ1v) is 12.3. The molecule has 0 aliphatic carbocycles.